The van der Waals surface area contributed by atoms with Crippen molar-refractivity contribution in [2.45, 2.75) is 32.7 Å². The van der Waals surface area contributed by atoms with Gasteiger partial charge in [-0.05, 0) is 18.9 Å². The van der Waals surface area contributed by atoms with E-state index in [1.165, 1.54) is 5.56 Å². The minimum atomic E-state index is 0.325. The van der Waals surface area contributed by atoms with Gasteiger partial charge in [-0.25, -0.2) is 0 Å². The van der Waals surface area contributed by atoms with E-state index in [4.69, 9.17) is 11.6 Å². The molecular weight excluding hydrogens is 194 g/mol. The van der Waals surface area contributed by atoms with Gasteiger partial charge in [-0.2, -0.15) is 0 Å². The maximum Gasteiger partial charge on any atom is 0.105 e. The molecule has 76 valence electrons. The molecule has 0 bridgehead atoms. The van der Waals surface area contributed by atoms with E-state index < -0.39 is 0 Å². The van der Waals surface area contributed by atoms with Crippen molar-refractivity contribution < 1.29 is 0 Å². The minimum absolute atomic E-state index is 0.325. The molecule has 0 saturated heterocycles. The Morgan fingerprint density at radius 1 is 1.36 bits per heavy atom. The molecule has 0 radical (unpaired) electrons. The number of rotatable bonds is 4. The van der Waals surface area contributed by atoms with Crippen molar-refractivity contribution in [2.75, 3.05) is 0 Å². The Morgan fingerprint density at radius 2 is 2.00 bits per heavy atom. The third-order valence-corrected chi connectivity index (χ3v) is 2.38. The van der Waals surface area contributed by atoms with Crippen LogP contribution in [0.15, 0.2) is 35.3 Å². The lowest BCUT2D eigenvalue weighted by atomic mass is 10.2. The fraction of sp³-hybridized carbons (Fsp3) is 0.417. The van der Waals surface area contributed by atoms with Gasteiger partial charge in [0.1, 0.15) is 5.17 Å². The highest BCUT2D eigenvalue weighted by atomic mass is 35.5. The zero-order valence-corrected chi connectivity index (χ0v) is 9.46. The standard InChI is InChI=1S/C12H16ClN/c1-3-10(2)14-12(13)9-11-7-5-4-6-8-11/h4-8,10H,3,9H2,1-2H3. The van der Waals surface area contributed by atoms with E-state index in [1.54, 1.807) is 0 Å². The summed E-state index contributed by atoms with van der Waals surface area (Å²) in [5.74, 6) is 0. The summed E-state index contributed by atoms with van der Waals surface area (Å²) >= 11 is 6.04. The van der Waals surface area contributed by atoms with Crippen LogP contribution in [0, 0.1) is 0 Å². The van der Waals surface area contributed by atoms with Crippen LogP contribution in [0.3, 0.4) is 0 Å². The minimum Gasteiger partial charge on any atom is -0.274 e. The molecule has 0 spiro atoms. The molecule has 1 aromatic rings. The van der Waals surface area contributed by atoms with Crippen LogP contribution in [0.1, 0.15) is 25.8 Å². The molecule has 0 amide bonds. The monoisotopic (exact) mass is 209 g/mol. The van der Waals surface area contributed by atoms with Crippen LogP contribution in [0.25, 0.3) is 0 Å². The summed E-state index contributed by atoms with van der Waals surface area (Å²) in [5.41, 5.74) is 1.21. The van der Waals surface area contributed by atoms with Crippen molar-refractivity contribution >= 4 is 16.8 Å². The summed E-state index contributed by atoms with van der Waals surface area (Å²) in [7, 11) is 0. The second kappa shape index (κ2) is 5.82. The van der Waals surface area contributed by atoms with Gasteiger partial charge in [0.15, 0.2) is 0 Å². The number of halogens is 1. The normalized spacial score (nSPS) is 14.1. The Labute approximate surface area is 90.8 Å². The van der Waals surface area contributed by atoms with E-state index in [2.05, 4.69) is 31.0 Å². The Kier molecular flexibility index (Phi) is 4.68. The molecule has 2 heteroatoms. The third-order valence-electron chi connectivity index (χ3n) is 2.14. The molecular formula is C12H16ClN. The summed E-state index contributed by atoms with van der Waals surface area (Å²) < 4.78 is 0. The molecule has 0 aliphatic heterocycles. The molecule has 14 heavy (non-hydrogen) atoms. The molecule has 0 saturated carbocycles. The van der Waals surface area contributed by atoms with Gasteiger partial charge in [0, 0.05) is 12.5 Å². The van der Waals surface area contributed by atoms with Gasteiger partial charge in [0.2, 0.25) is 0 Å². The van der Waals surface area contributed by atoms with Gasteiger partial charge in [-0.1, -0.05) is 48.9 Å². The van der Waals surface area contributed by atoms with Gasteiger partial charge in [-0.15, -0.1) is 0 Å². The Morgan fingerprint density at radius 3 is 2.57 bits per heavy atom. The van der Waals surface area contributed by atoms with Gasteiger partial charge in [0.05, 0.1) is 0 Å². The molecule has 1 atom stereocenters. The van der Waals surface area contributed by atoms with E-state index >= 15 is 0 Å². The van der Waals surface area contributed by atoms with E-state index in [-0.39, 0.29) is 0 Å². The quantitative estimate of drug-likeness (QED) is 0.672. The lowest BCUT2D eigenvalue weighted by Crippen LogP contribution is -2.02. The van der Waals surface area contributed by atoms with E-state index in [0.29, 0.717) is 11.2 Å². The van der Waals surface area contributed by atoms with Crippen molar-refractivity contribution in [3.05, 3.63) is 35.9 Å². The van der Waals surface area contributed by atoms with Crippen LogP contribution >= 0.6 is 11.6 Å². The molecule has 0 aromatic heterocycles. The van der Waals surface area contributed by atoms with Crippen LogP contribution in [0.4, 0.5) is 0 Å². The van der Waals surface area contributed by atoms with E-state index in [9.17, 15) is 0 Å². The maximum absolute atomic E-state index is 6.04. The van der Waals surface area contributed by atoms with Gasteiger partial charge >= 0.3 is 0 Å². The molecule has 1 aromatic carbocycles. The van der Waals surface area contributed by atoms with Crippen LogP contribution in [0.5, 0.6) is 0 Å². The zero-order valence-electron chi connectivity index (χ0n) is 8.70. The average molecular weight is 210 g/mol. The highest BCUT2D eigenvalue weighted by Crippen LogP contribution is 2.06. The molecule has 1 unspecified atom stereocenters. The van der Waals surface area contributed by atoms with Crippen molar-refractivity contribution in [2.24, 2.45) is 4.99 Å². The second-order valence-corrected chi connectivity index (χ2v) is 3.86. The zero-order chi connectivity index (χ0) is 10.4. The molecule has 0 heterocycles. The molecule has 0 fully saturated rings. The second-order valence-electron chi connectivity index (χ2n) is 3.43. The largest absolute Gasteiger partial charge is 0.274 e. The summed E-state index contributed by atoms with van der Waals surface area (Å²) in [6.45, 7) is 4.19. The molecule has 1 rings (SSSR count). The van der Waals surface area contributed by atoms with Gasteiger partial charge in [0.25, 0.3) is 0 Å². The fourth-order valence-electron chi connectivity index (χ4n) is 1.14. The lowest BCUT2D eigenvalue weighted by molar-refractivity contribution is 0.717. The van der Waals surface area contributed by atoms with Crippen LogP contribution in [-0.4, -0.2) is 11.2 Å². The smallest absolute Gasteiger partial charge is 0.105 e. The Bertz CT molecular complexity index is 292. The van der Waals surface area contributed by atoms with Gasteiger partial charge < -0.3 is 0 Å². The third kappa shape index (κ3) is 3.93. The van der Waals surface area contributed by atoms with E-state index in [0.717, 1.165) is 12.8 Å². The molecule has 0 aliphatic carbocycles. The van der Waals surface area contributed by atoms with E-state index in [1.807, 2.05) is 18.2 Å². The summed E-state index contributed by atoms with van der Waals surface area (Å²) in [6, 6.07) is 10.5. The first-order chi connectivity index (χ1) is 6.72. The Hall–Kier alpha value is -0.820. The highest BCUT2D eigenvalue weighted by Gasteiger charge is 2.00. The number of nitrogens with zero attached hydrogens (tertiary/aromatic N) is 1. The SMILES string of the molecule is CCC(C)N=C(Cl)Cc1ccccc1. The molecule has 1 nitrogen and oxygen atoms in total. The first-order valence-electron chi connectivity index (χ1n) is 4.98. The molecule has 0 aliphatic rings. The maximum atomic E-state index is 6.04. The van der Waals surface area contributed by atoms with Crippen molar-refractivity contribution in [1.82, 2.24) is 0 Å². The van der Waals surface area contributed by atoms with Crippen molar-refractivity contribution in [1.29, 1.82) is 0 Å². The highest BCUT2D eigenvalue weighted by molar-refractivity contribution is 6.65. The first-order valence-corrected chi connectivity index (χ1v) is 5.36. The van der Waals surface area contributed by atoms with Gasteiger partial charge in [-0.3, -0.25) is 4.99 Å². The topological polar surface area (TPSA) is 12.4 Å². The van der Waals surface area contributed by atoms with Crippen LogP contribution in [-0.2, 0) is 6.42 Å². The first kappa shape index (κ1) is 11.3. The Balaban J connectivity index is 2.57. The number of aliphatic imine (C=N–C) groups is 1. The molecule has 0 N–H and O–H groups in total. The fourth-order valence-corrected chi connectivity index (χ4v) is 1.46. The number of benzene rings is 1. The van der Waals surface area contributed by atoms with Crippen molar-refractivity contribution in [3.63, 3.8) is 0 Å². The summed E-state index contributed by atoms with van der Waals surface area (Å²) in [6.07, 6.45) is 1.78. The van der Waals surface area contributed by atoms with Crippen molar-refractivity contribution in [3.8, 4) is 0 Å². The predicted molar refractivity (Wildman–Crippen MR) is 63.2 cm³/mol. The van der Waals surface area contributed by atoms with Crippen LogP contribution < -0.4 is 0 Å². The predicted octanol–water partition coefficient (Wildman–Crippen LogP) is 3.66. The number of hydrogen-bond donors (Lipinski definition) is 0. The summed E-state index contributed by atoms with van der Waals surface area (Å²) in [5, 5.41) is 0.700. The average Bonchev–Trinajstić information content (AvgIpc) is 2.19. The number of hydrogen-bond acceptors (Lipinski definition) is 1. The summed E-state index contributed by atoms with van der Waals surface area (Å²) in [4.78, 5) is 4.37. The van der Waals surface area contributed by atoms with Crippen LogP contribution in [0.2, 0.25) is 0 Å². The lowest BCUT2D eigenvalue weighted by Gasteiger charge is -2.03.